The minimum absolute atomic E-state index is 0.297. The van der Waals surface area contributed by atoms with Crippen molar-refractivity contribution < 1.29 is 14.3 Å². The largest absolute Gasteiger partial charge is 0.495 e. The zero-order chi connectivity index (χ0) is 12.1. The Labute approximate surface area is 108 Å². The van der Waals surface area contributed by atoms with E-state index in [2.05, 4.69) is 20.7 Å². The van der Waals surface area contributed by atoms with Gasteiger partial charge in [0, 0.05) is 0 Å². The number of alkyl halides is 1. The first-order valence-electron chi connectivity index (χ1n) is 4.62. The van der Waals surface area contributed by atoms with Crippen LogP contribution in [0.25, 0.3) is 0 Å². The van der Waals surface area contributed by atoms with E-state index in [0.29, 0.717) is 17.2 Å². The highest BCUT2D eigenvalue weighted by Gasteiger charge is 2.16. The predicted molar refractivity (Wildman–Crippen MR) is 66.4 cm³/mol. The molecule has 0 aliphatic heterocycles. The monoisotopic (exact) mass is 306 g/mol. The van der Waals surface area contributed by atoms with Gasteiger partial charge in [0.25, 0.3) is 0 Å². The minimum atomic E-state index is -0.358. The first kappa shape index (κ1) is 13.3. The number of hydrogen-bond acceptors (Lipinski definition) is 3. The molecule has 0 amide bonds. The molecular formula is C11H12BrClO3. The third-order valence-corrected chi connectivity index (χ3v) is 3.10. The maximum Gasteiger partial charge on any atom is 0.319 e. The summed E-state index contributed by atoms with van der Waals surface area (Å²) in [5.41, 5.74) is 0.952. The van der Waals surface area contributed by atoms with Gasteiger partial charge >= 0.3 is 5.97 Å². The highest BCUT2D eigenvalue weighted by molar-refractivity contribution is 9.10. The Kier molecular flexibility index (Phi) is 5.09. The molecule has 0 aromatic heterocycles. The van der Waals surface area contributed by atoms with Gasteiger partial charge < -0.3 is 9.47 Å². The van der Waals surface area contributed by atoms with Crippen molar-refractivity contribution in [1.82, 2.24) is 0 Å². The van der Waals surface area contributed by atoms with Crippen molar-refractivity contribution in [1.29, 1.82) is 0 Å². The van der Waals surface area contributed by atoms with Crippen LogP contribution in [0.2, 0.25) is 5.02 Å². The van der Waals surface area contributed by atoms with E-state index in [1.165, 1.54) is 7.11 Å². The van der Waals surface area contributed by atoms with E-state index in [0.717, 1.165) is 5.56 Å². The van der Waals surface area contributed by atoms with Crippen molar-refractivity contribution in [2.45, 2.75) is 11.2 Å². The van der Waals surface area contributed by atoms with Gasteiger partial charge in [-0.1, -0.05) is 33.6 Å². The van der Waals surface area contributed by atoms with Gasteiger partial charge in [0.15, 0.2) is 0 Å². The topological polar surface area (TPSA) is 35.5 Å². The number of benzene rings is 1. The quantitative estimate of drug-likeness (QED) is 0.634. The lowest BCUT2D eigenvalue weighted by Crippen LogP contribution is -2.18. The van der Waals surface area contributed by atoms with E-state index in [1.54, 1.807) is 19.2 Å². The van der Waals surface area contributed by atoms with E-state index in [-0.39, 0.29) is 10.8 Å². The van der Waals surface area contributed by atoms with Crippen LogP contribution >= 0.6 is 27.5 Å². The second kappa shape index (κ2) is 6.11. The van der Waals surface area contributed by atoms with Crippen LogP contribution < -0.4 is 4.74 Å². The molecule has 1 rings (SSSR count). The van der Waals surface area contributed by atoms with Crippen molar-refractivity contribution in [2.24, 2.45) is 0 Å². The summed E-state index contributed by atoms with van der Waals surface area (Å²) >= 11 is 9.15. The molecule has 1 atom stereocenters. The zero-order valence-corrected chi connectivity index (χ0v) is 11.3. The van der Waals surface area contributed by atoms with Gasteiger partial charge in [-0.25, -0.2) is 0 Å². The molecule has 0 saturated heterocycles. The molecule has 0 spiro atoms. The molecule has 0 fully saturated rings. The SMILES string of the molecule is COC(=O)C(Br)Cc1ccc(Cl)c(OC)c1. The van der Waals surface area contributed by atoms with Gasteiger partial charge in [0.2, 0.25) is 0 Å². The zero-order valence-electron chi connectivity index (χ0n) is 9.00. The van der Waals surface area contributed by atoms with Gasteiger partial charge in [0.1, 0.15) is 10.6 Å². The summed E-state index contributed by atoms with van der Waals surface area (Å²) in [7, 11) is 2.91. The van der Waals surface area contributed by atoms with Gasteiger partial charge in [-0.2, -0.15) is 0 Å². The molecule has 16 heavy (non-hydrogen) atoms. The second-order valence-corrected chi connectivity index (χ2v) is 4.68. The number of halogens is 2. The lowest BCUT2D eigenvalue weighted by atomic mass is 10.1. The van der Waals surface area contributed by atoms with Crippen LogP contribution in [0.5, 0.6) is 5.75 Å². The molecule has 0 radical (unpaired) electrons. The number of hydrogen-bond donors (Lipinski definition) is 0. The van der Waals surface area contributed by atoms with Crippen LogP contribution in [-0.4, -0.2) is 25.0 Å². The van der Waals surface area contributed by atoms with E-state index in [1.807, 2.05) is 6.07 Å². The third-order valence-electron chi connectivity index (χ3n) is 2.09. The summed E-state index contributed by atoms with van der Waals surface area (Å²) in [4.78, 5) is 10.9. The maximum atomic E-state index is 11.2. The second-order valence-electron chi connectivity index (χ2n) is 3.16. The number of esters is 1. The Morgan fingerprint density at radius 2 is 2.19 bits per heavy atom. The smallest absolute Gasteiger partial charge is 0.319 e. The van der Waals surface area contributed by atoms with Gasteiger partial charge in [-0.05, 0) is 24.1 Å². The van der Waals surface area contributed by atoms with Crippen molar-refractivity contribution in [2.75, 3.05) is 14.2 Å². The average Bonchev–Trinajstić information content (AvgIpc) is 2.30. The Morgan fingerprint density at radius 1 is 1.50 bits per heavy atom. The summed E-state index contributed by atoms with van der Waals surface area (Å²) < 4.78 is 9.71. The van der Waals surface area contributed by atoms with Crippen molar-refractivity contribution in [3.05, 3.63) is 28.8 Å². The Balaban J connectivity index is 2.78. The van der Waals surface area contributed by atoms with E-state index in [9.17, 15) is 4.79 Å². The molecular weight excluding hydrogens is 295 g/mol. The number of carbonyl (C=O) groups is 1. The molecule has 0 aliphatic carbocycles. The molecule has 5 heteroatoms. The number of methoxy groups -OCH3 is 2. The van der Waals surface area contributed by atoms with Crippen molar-refractivity contribution >= 4 is 33.5 Å². The van der Waals surface area contributed by atoms with Gasteiger partial charge in [0.05, 0.1) is 19.2 Å². The molecule has 88 valence electrons. The number of rotatable bonds is 4. The molecule has 1 aromatic carbocycles. The Hall–Kier alpha value is -0.740. The van der Waals surface area contributed by atoms with Crippen LogP contribution in [0.15, 0.2) is 18.2 Å². The molecule has 0 bridgehead atoms. The Bertz CT molecular complexity index is 381. The van der Waals surface area contributed by atoms with Crippen LogP contribution in [0, 0.1) is 0 Å². The predicted octanol–water partition coefficient (Wildman–Crippen LogP) is 2.83. The van der Waals surface area contributed by atoms with Crippen molar-refractivity contribution in [3.8, 4) is 5.75 Å². The van der Waals surface area contributed by atoms with Crippen LogP contribution in [0.3, 0.4) is 0 Å². The lowest BCUT2D eigenvalue weighted by molar-refractivity contribution is -0.139. The molecule has 3 nitrogen and oxygen atoms in total. The third kappa shape index (κ3) is 3.39. The minimum Gasteiger partial charge on any atom is -0.495 e. The molecule has 0 N–H and O–H groups in total. The van der Waals surface area contributed by atoms with Crippen LogP contribution in [0.4, 0.5) is 0 Å². The highest BCUT2D eigenvalue weighted by atomic mass is 79.9. The summed E-state index contributed by atoms with van der Waals surface area (Å²) in [5, 5.41) is 0.551. The summed E-state index contributed by atoms with van der Waals surface area (Å²) in [6.45, 7) is 0. The first-order chi connectivity index (χ1) is 7.58. The van der Waals surface area contributed by atoms with E-state index < -0.39 is 0 Å². The molecule has 0 saturated carbocycles. The fourth-order valence-electron chi connectivity index (χ4n) is 1.25. The maximum absolute atomic E-state index is 11.2. The normalized spacial score (nSPS) is 12.0. The first-order valence-corrected chi connectivity index (χ1v) is 5.92. The van der Waals surface area contributed by atoms with E-state index in [4.69, 9.17) is 16.3 Å². The summed E-state index contributed by atoms with van der Waals surface area (Å²) in [5.74, 6) is 0.303. The number of ether oxygens (including phenoxy) is 2. The lowest BCUT2D eigenvalue weighted by Gasteiger charge is -2.09. The van der Waals surface area contributed by atoms with Crippen LogP contribution in [0.1, 0.15) is 5.56 Å². The molecule has 1 unspecified atom stereocenters. The van der Waals surface area contributed by atoms with Crippen LogP contribution in [-0.2, 0) is 16.0 Å². The fourth-order valence-corrected chi connectivity index (χ4v) is 2.00. The summed E-state index contributed by atoms with van der Waals surface area (Å²) in [6, 6.07) is 5.40. The number of carbonyl (C=O) groups excluding carboxylic acids is 1. The van der Waals surface area contributed by atoms with Gasteiger partial charge in [-0.15, -0.1) is 0 Å². The standard InChI is InChI=1S/C11H12BrClO3/c1-15-10-6-7(3-4-9(10)13)5-8(12)11(14)16-2/h3-4,6,8H,5H2,1-2H3. The van der Waals surface area contributed by atoms with Gasteiger partial charge in [-0.3, -0.25) is 4.79 Å². The molecule has 0 heterocycles. The molecule has 0 aliphatic rings. The molecule has 1 aromatic rings. The Morgan fingerprint density at radius 3 is 2.75 bits per heavy atom. The summed E-state index contributed by atoms with van der Waals surface area (Å²) in [6.07, 6.45) is 0.528. The highest BCUT2D eigenvalue weighted by Crippen LogP contribution is 2.26. The van der Waals surface area contributed by atoms with Crippen molar-refractivity contribution in [3.63, 3.8) is 0 Å². The van der Waals surface area contributed by atoms with E-state index >= 15 is 0 Å². The average molecular weight is 308 g/mol. The fraction of sp³-hybridized carbons (Fsp3) is 0.364.